The Morgan fingerprint density at radius 3 is 2.62 bits per heavy atom. The van der Waals surface area contributed by atoms with Crippen LogP contribution >= 0.6 is 0 Å². The van der Waals surface area contributed by atoms with Gasteiger partial charge in [0.1, 0.15) is 0 Å². The van der Waals surface area contributed by atoms with Crippen molar-refractivity contribution in [2.24, 2.45) is 5.73 Å². The van der Waals surface area contributed by atoms with Gasteiger partial charge in [0, 0.05) is 25.3 Å². The molecule has 0 fully saturated rings. The molecule has 2 nitrogen and oxygen atoms in total. The quantitative estimate of drug-likeness (QED) is 0.769. The molecular formula is C14H22N2. The van der Waals surface area contributed by atoms with Gasteiger partial charge in [-0.1, -0.05) is 37.3 Å². The van der Waals surface area contributed by atoms with Crippen molar-refractivity contribution in [3.05, 3.63) is 42.0 Å². The fourth-order valence-electron chi connectivity index (χ4n) is 1.86. The van der Waals surface area contributed by atoms with E-state index < -0.39 is 0 Å². The van der Waals surface area contributed by atoms with E-state index in [9.17, 15) is 0 Å². The van der Waals surface area contributed by atoms with E-state index in [0.29, 0.717) is 0 Å². The number of para-hydroxylation sites is 1. The molecule has 16 heavy (non-hydrogen) atoms. The third kappa shape index (κ3) is 3.11. The van der Waals surface area contributed by atoms with Crippen LogP contribution in [0.3, 0.4) is 0 Å². The highest BCUT2D eigenvalue weighted by Crippen LogP contribution is 2.26. The molecule has 0 spiro atoms. The minimum absolute atomic E-state index is 0.115. The molecule has 0 heterocycles. The van der Waals surface area contributed by atoms with Gasteiger partial charge in [-0.2, -0.15) is 0 Å². The van der Waals surface area contributed by atoms with Crippen molar-refractivity contribution in [3.63, 3.8) is 0 Å². The first kappa shape index (κ1) is 12.8. The average Bonchev–Trinajstić information content (AvgIpc) is 2.27. The second kappa shape index (κ2) is 5.71. The number of likely N-dealkylation sites (N-methyl/N-ethyl adjacent to an activating group) is 1. The molecule has 0 bridgehead atoms. The highest BCUT2D eigenvalue weighted by Gasteiger charge is 2.11. The Hall–Kier alpha value is -1.28. The van der Waals surface area contributed by atoms with E-state index >= 15 is 0 Å². The first-order valence-electron chi connectivity index (χ1n) is 5.76. The van der Waals surface area contributed by atoms with Gasteiger partial charge < -0.3 is 10.6 Å². The minimum atomic E-state index is 0.115. The number of rotatable bonds is 5. The van der Waals surface area contributed by atoms with E-state index in [1.54, 1.807) is 0 Å². The molecule has 0 saturated carbocycles. The molecular weight excluding hydrogens is 196 g/mol. The monoisotopic (exact) mass is 218 g/mol. The molecule has 0 amide bonds. The highest BCUT2D eigenvalue weighted by molar-refractivity contribution is 5.55. The van der Waals surface area contributed by atoms with Crippen LogP contribution in [-0.2, 0) is 0 Å². The number of hydrogen-bond acceptors (Lipinski definition) is 2. The summed E-state index contributed by atoms with van der Waals surface area (Å²) >= 11 is 0. The molecule has 1 aromatic rings. The van der Waals surface area contributed by atoms with Gasteiger partial charge in [-0.3, -0.25) is 0 Å². The van der Waals surface area contributed by atoms with E-state index in [-0.39, 0.29) is 6.04 Å². The summed E-state index contributed by atoms with van der Waals surface area (Å²) in [5, 5.41) is 0. The summed E-state index contributed by atoms with van der Waals surface area (Å²) in [6, 6.07) is 8.44. The first-order chi connectivity index (χ1) is 7.56. The van der Waals surface area contributed by atoms with Gasteiger partial charge in [0.25, 0.3) is 0 Å². The van der Waals surface area contributed by atoms with Crippen LogP contribution in [0.1, 0.15) is 31.9 Å². The van der Waals surface area contributed by atoms with Gasteiger partial charge in [-0.25, -0.2) is 0 Å². The molecule has 1 aromatic carbocycles. The Morgan fingerprint density at radius 1 is 1.44 bits per heavy atom. The van der Waals surface area contributed by atoms with Crippen molar-refractivity contribution in [1.82, 2.24) is 0 Å². The summed E-state index contributed by atoms with van der Waals surface area (Å²) in [6.45, 7) is 8.96. The lowest BCUT2D eigenvalue weighted by Crippen LogP contribution is -2.22. The Labute approximate surface area is 98.8 Å². The molecule has 0 aliphatic rings. The zero-order chi connectivity index (χ0) is 12.1. The largest absolute Gasteiger partial charge is 0.370 e. The number of hydrogen-bond donors (Lipinski definition) is 1. The zero-order valence-electron chi connectivity index (χ0n) is 10.5. The van der Waals surface area contributed by atoms with Crippen LogP contribution in [0.2, 0.25) is 0 Å². The normalized spacial score (nSPS) is 12.2. The second-order valence-electron chi connectivity index (χ2n) is 4.39. The molecule has 0 unspecified atom stereocenters. The zero-order valence-corrected chi connectivity index (χ0v) is 10.5. The van der Waals surface area contributed by atoms with Crippen LogP contribution in [-0.4, -0.2) is 13.6 Å². The van der Waals surface area contributed by atoms with Gasteiger partial charge >= 0.3 is 0 Å². The number of benzene rings is 1. The van der Waals surface area contributed by atoms with Crippen molar-refractivity contribution < 1.29 is 0 Å². The lowest BCUT2D eigenvalue weighted by atomic mass is 10.0. The molecule has 0 radical (unpaired) electrons. The Morgan fingerprint density at radius 2 is 2.06 bits per heavy atom. The first-order valence-corrected chi connectivity index (χ1v) is 5.76. The number of anilines is 1. The summed E-state index contributed by atoms with van der Waals surface area (Å²) in [5.41, 5.74) is 9.69. The van der Waals surface area contributed by atoms with Crippen molar-refractivity contribution in [2.45, 2.75) is 26.3 Å². The maximum Gasteiger partial charge on any atom is 0.0414 e. The standard InChI is InChI=1S/C14H22N2/c1-5-13(15)12-8-6-7-9-14(12)16(4)10-11(2)3/h6-9,13H,2,5,10,15H2,1,3-4H3/t13-/m1/s1. The van der Waals surface area contributed by atoms with Crippen molar-refractivity contribution in [3.8, 4) is 0 Å². The van der Waals surface area contributed by atoms with Crippen LogP contribution in [0.15, 0.2) is 36.4 Å². The van der Waals surface area contributed by atoms with Crippen molar-refractivity contribution in [2.75, 3.05) is 18.5 Å². The Bertz CT molecular complexity index is 358. The summed E-state index contributed by atoms with van der Waals surface area (Å²) in [6.07, 6.45) is 0.956. The lowest BCUT2D eigenvalue weighted by Gasteiger charge is -2.24. The molecule has 1 atom stereocenters. The van der Waals surface area contributed by atoms with Gasteiger partial charge in [0.2, 0.25) is 0 Å². The summed E-state index contributed by atoms with van der Waals surface area (Å²) in [7, 11) is 2.08. The van der Waals surface area contributed by atoms with Gasteiger partial charge in [0.05, 0.1) is 0 Å². The molecule has 0 saturated heterocycles. The Balaban J connectivity index is 2.98. The third-order valence-electron chi connectivity index (χ3n) is 2.69. The summed E-state index contributed by atoms with van der Waals surface area (Å²) in [4.78, 5) is 2.20. The molecule has 1 rings (SSSR count). The van der Waals surface area contributed by atoms with E-state index in [1.807, 2.05) is 13.0 Å². The molecule has 2 N–H and O–H groups in total. The van der Waals surface area contributed by atoms with Gasteiger partial charge in [-0.15, -0.1) is 0 Å². The smallest absolute Gasteiger partial charge is 0.0414 e. The summed E-state index contributed by atoms with van der Waals surface area (Å²) in [5.74, 6) is 0. The maximum absolute atomic E-state index is 6.11. The fraction of sp³-hybridized carbons (Fsp3) is 0.429. The Kier molecular flexibility index (Phi) is 4.56. The average molecular weight is 218 g/mol. The topological polar surface area (TPSA) is 29.3 Å². The SMILES string of the molecule is C=C(C)CN(C)c1ccccc1[C@H](N)CC. The number of nitrogens with zero attached hydrogens (tertiary/aromatic N) is 1. The van der Waals surface area contributed by atoms with Gasteiger partial charge in [0.15, 0.2) is 0 Å². The minimum Gasteiger partial charge on any atom is -0.370 e. The lowest BCUT2D eigenvalue weighted by molar-refractivity contribution is 0.696. The van der Waals surface area contributed by atoms with E-state index in [2.05, 4.69) is 43.6 Å². The maximum atomic E-state index is 6.11. The van der Waals surface area contributed by atoms with Crippen LogP contribution in [0, 0.1) is 0 Å². The second-order valence-corrected chi connectivity index (χ2v) is 4.39. The number of nitrogens with two attached hydrogens (primary N) is 1. The molecule has 88 valence electrons. The molecule has 2 heteroatoms. The predicted molar refractivity (Wildman–Crippen MR) is 71.7 cm³/mol. The van der Waals surface area contributed by atoms with E-state index in [0.717, 1.165) is 18.5 Å². The van der Waals surface area contributed by atoms with Gasteiger partial charge in [-0.05, 0) is 25.0 Å². The fourth-order valence-corrected chi connectivity index (χ4v) is 1.86. The summed E-state index contributed by atoms with van der Waals surface area (Å²) < 4.78 is 0. The predicted octanol–water partition coefficient (Wildman–Crippen LogP) is 3.11. The van der Waals surface area contributed by atoms with Crippen LogP contribution < -0.4 is 10.6 Å². The van der Waals surface area contributed by atoms with Crippen molar-refractivity contribution in [1.29, 1.82) is 0 Å². The highest BCUT2D eigenvalue weighted by atomic mass is 15.1. The van der Waals surface area contributed by atoms with Crippen molar-refractivity contribution >= 4 is 5.69 Å². The molecule has 0 aromatic heterocycles. The van der Waals surface area contributed by atoms with Crippen LogP contribution in [0.5, 0.6) is 0 Å². The van der Waals surface area contributed by atoms with Crippen LogP contribution in [0.4, 0.5) is 5.69 Å². The van der Waals surface area contributed by atoms with E-state index in [1.165, 1.54) is 11.3 Å². The van der Waals surface area contributed by atoms with Crippen LogP contribution in [0.25, 0.3) is 0 Å². The van der Waals surface area contributed by atoms with E-state index in [4.69, 9.17) is 5.73 Å². The third-order valence-corrected chi connectivity index (χ3v) is 2.69. The molecule has 0 aliphatic carbocycles. The molecule has 0 aliphatic heterocycles.